The Kier molecular flexibility index (Phi) is 5.92. The molecule has 6 heteroatoms. The molecule has 20 heavy (non-hydrogen) atoms. The van der Waals surface area contributed by atoms with Gasteiger partial charge in [0.15, 0.2) is 6.29 Å². The molecule has 0 heterocycles. The molecule has 0 fully saturated rings. The molecule has 0 bridgehead atoms. The number of anilines is 1. The lowest BCUT2D eigenvalue weighted by Crippen LogP contribution is -2.33. The van der Waals surface area contributed by atoms with Gasteiger partial charge in [-0.1, -0.05) is 6.92 Å². The normalized spacial score (nSPS) is 13.1. The minimum Gasteiger partial charge on any atom is -0.371 e. The highest BCUT2D eigenvalue weighted by Crippen LogP contribution is 2.34. The van der Waals surface area contributed by atoms with Crippen LogP contribution in [0.25, 0.3) is 0 Å². The molecule has 0 saturated carbocycles. The monoisotopic (exact) mass is 305 g/mol. The third-order valence-corrected chi connectivity index (χ3v) is 3.97. The molecule has 0 N–H and O–H groups in total. The van der Waals surface area contributed by atoms with Crippen LogP contribution in [0.4, 0.5) is 18.9 Å². The largest absolute Gasteiger partial charge is 0.417 e. The summed E-state index contributed by atoms with van der Waals surface area (Å²) < 4.78 is 38.8. The van der Waals surface area contributed by atoms with E-state index in [2.05, 4.69) is 0 Å². The summed E-state index contributed by atoms with van der Waals surface area (Å²) in [5, 5.41) is 0. The molecule has 0 spiro atoms. The molecule has 0 aliphatic rings. The molecule has 1 aromatic rings. The fourth-order valence-electron chi connectivity index (χ4n) is 2.02. The standard InChI is InChI=1S/C14H18F3NOS/c1-4-11(9-20-3)18(2)12-6-5-10(8-19)13(7-12)14(15,16)17/h5-8,11H,4,9H2,1-3H3. The van der Waals surface area contributed by atoms with Gasteiger partial charge in [-0.05, 0) is 30.9 Å². The fraction of sp³-hybridized carbons (Fsp3) is 0.500. The highest BCUT2D eigenvalue weighted by atomic mass is 32.2. The molecule has 112 valence electrons. The van der Waals surface area contributed by atoms with Crippen LogP contribution in [0.2, 0.25) is 0 Å². The molecule has 2 nitrogen and oxygen atoms in total. The van der Waals surface area contributed by atoms with Gasteiger partial charge in [0.05, 0.1) is 5.56 Å². The average Bonchev–Trinajstić information content (AvgIpc) is 2.42. The summed E-state index contributed by atoms with van der Waals surface area (Å²) in [6.07, 6.45) is -1.47. The van der Waals surface area contributed by atoms with Crippen LogP contribution < -0.4 is 4.90 Å². The molecular weight excluding hydrogens is 287 g/mol. The molecular formula is C14H18F3NOS. The van der Waals surface area contributed by atoms with Gasteiger partial charge in [-0.15, -0.1) is 0 Å². The van der Waals surface area contributed by atoms with Crippen molar-refractivity contribution >= 4 is 23.7 Å². The fourth-order valence-corrected chi connectivity index (χ4v) is 2.86. The number of hydrogen-bond donors (Lipinski definition) is 0. The Morgan fingerprint density at radius 3 is 2.50 bits per heavy atom. The van der Waals surface area contributed by atoms with Crippen LogP contribution >= 0.6 is 11.8 Å². The van der Waals surface area contributed by atoms with Gasteiger partial charge >= 0.3 is 6.18 Å². The molecule has 0 aromatic heterocycles. The number of alkyl halides is 3. The third-order valence-electron chi connectivity index (χ3n) is 3.25. The average molecular weight is 305 g/mol. The van der Waals surface area contributed by atoms with Crippen LogP contribution in [0.3, 0.4) is 0 Å². The Morgan fingerprint density at radius 1 is 1.40 bits per heavy atom. The number of nitrogens with zero attached hydrogens (tertiary/aromatic N) is 1. The number of benzene rings is 1. The Balaban J connectivity index is 3.17. The summed E-state index contributed by atoms with van der Waals surface area (Å²) in [6, 6.07) is 4.00. The van der Waals surface area contributed by atoms with Crippen LogP contribution in [0.1, 0.15) is 29.3 Å². The number of thioether (sulfide) groups is 1. The Morgan fingerprint density at radius 2 is 2.05 bits per heavy atom. The first-order valence-electron chi connectivity index (χ1n) is 6.23. The lowest BCUT2D eigenvalue weighted by molar-refractivity contribution is -0.137. The number of carbonyl (C=O) groups is 1. The molecule has 0 amide bonds. The van der Waals surface area contributed by atoms with Gasteiger partial charge in [0, 0.05) is 30.1 Å². The third kappa shape index (κ3) is 3.91. The maximum absolute atomic E-state index is 12.9. The predicted molar refractivity (Wildman–Crippen MR) is 77.7 cm³/mol. The van der Waals surface area contributed by atoms with E-state index in [1.165, 1.54) is 6.07 Å². The van der Waals surface area contributed by atoms with Gasteiger partial charge in [0.2, 0.25) is 0 Å². The number of aldehydes is 1. The molecule has 0 saturated heterocycles. The van der Waals surface area contributed by atoms with E-state index in [-0.39, 0.29) is 17.9 Å². The lowest BCUT2D eigenvalue weighted by Gasteiger charge is -2.29. The van der Waals surface area contributed by atoms with Crippen molar-refractivity contribution in [3.05, 3.63) is 29.3 Å². The van der Waals surface area contributed by atoms with E-state index >= 15 is 0 Å². The van der Waals surface area contributed by atoms with Crippen LogP contribution in [0.5, 0.6) is 0 Å². The molecule has 1 aromatic carbocycles. The van der Waals surface area contributed by atoms with E-state index < -0.39 is 11.7 Å². The first-order chi connectivity index (χ1) is 9.35. The van der Waals surface area contributed by atoms with Gasteiger partial charge in [-0.25, -0.2) is 0 Å². The molecule has 1 rings (SSSR count). The first kappa shape index (κ1) is 16.9. The molecule has 0 aliphatic heterocycles. The van der Waals surface area contributed by atoms with E-state index in [0.29, 0.717) is 5.69 Å². The number of halogens is 3. The molecule has 1 atom stereocenters. The SMILES string of the molecule is CCC(CSC)N(C)c1ccc(C=O)c(C(F)(F)F)c1. The lowest BCUT2D eigenvalue weighted by atomic mass is 10.1. The summed E-state index contributed by atoms with van der Waals surface area (Å²) in [5.74, 6) is 0.837. The molecule has 0 aliphatic carbocycles. The number of carbonyl (C=O) groups excluding carboxylic acids is 1. The van der Waals surface area contributed by atoms with Crippen molar-refractivity contribution in [1.29, 1.82) is 0 Å². The summed E-state index contributed by atoms with van der Waals surface area (Å²) in [7, 11) is 1.78. The maximum atomic E-state index is 12.9. The minimum atomic E-state index is -4.52. The number of rotatable bonds is 6. The van der Waals surface area contributed by atoms with E-state index in [4.69, 9.17) is 0 Å². The Hall–Kier alpha value is -1.17. The van der Waals surface area contributed by atoms with Crippen LogP contribution in [0.15, 0.2) is 18.2 Å². The summed E-state index contributed by atoms with van der Waals surface area (Å²) in [4.78, 5) is 12.6. The van der Waals surface area contributed by atoms with Crippen molar-refractivity contribution in [3.8, 4) is 0 Å². The van der Waals surface area contributed by atoms with Crippen molar-refractivity contribution < 1.29 is 18.0 Å². The highest BCUT2D eigenvalue weighted by molar-refractivity contribution is 7.98. The second kappa shape index (κ2) is 7.02. The number of hydrogen-bond acceptors (Lipinski definition) is 3. The van der Waals surface area contributed by atoms with E-state index in [1.807, 2.05) is 18.1 Å². The van der Waals surface area contributed by atoms with Crippen LogP contribution in [-0.4, -0.2) is 31.4 Å². The minimum absolute atomic E-state index is 0.160. The zero-order chi connectivity index (χ0) is 15.3. The highest BCUT2D eigenvalue weighted by Gasteiger charge is 2.34. The summed E-state index contributed by atoms with van der Waals surface area (Å²) >= 11 is 1.65. The van der Waals surface area contributed by atoms with Crippen LogP contribution in [-0.2, 0) is 6.18 Å². The van der Waals surface area contributed by atoms with Crippen molar-refractivity contribution in [3.63, 3.8) is 0 Å². The van der Waals surface area contributed by atoms with Gasteiger partial charge in [0.1, 0.15) is 0 Å². The zero-order valence-corrected chi connectivity index (χ0v) is 12.5. The van der Waals surface area contributed by atoms with Crippen LogP contribution in [0, 0.1) is 0 Å². The molecule has 0 radical (unpaired) electrons. The maximum Gasteiger partial charge on any atom is 0.417 e. The van der Waals surface area contributed by atoms with Gasteiger partial charge in [-0.3, -0.25) is 4.79 Å². The second-order valence-electron chi connectivity index (χ2n) is 4.52. The van der Waals surface area contributed by atoms with Gasteiger partial charge < -0.3 is 4.90 Å². The van der Waals surface area contributed by atoms with Gasteiger partial charge in [-0.2, -0.15) is 24.9 Å². The zero-order valence-electron chi connectivity index (χ0n) is 11.7. The van der Waals surface area contributed by atoms with Gasteiger partial charge in [0.25, 0.3) is 0 Å². The summed E-state index contributed by atoms with van der Waals surface area (Å²) in [6.45, 7) is 2.00. The van der Waals surface area contributed by atoms with E-state index in [0.717, 1.165) is 18.2 Å². The topological polar surface area (TPSA) is 20.3 Å². The van der Waals surface area contributed by atoms with Crippen molar-refractivity contribution in [2.45, 2.75) is 25.6 Å². The Labute approximate surface area is 121 Å². The predicted octanol–water partition coefficient (Wildman–Crippen LogP) is 4.10. The van der Waals surface area contributed by atoms with E-state index in [1.54, 1.807) is 24.9 Å². The Bertz CT molecular complexity index is 462. The van der Waals surface area contributed by atoms with E-state index in [9.17, 15) is 18.0 Å². The van der Waals surface area contributed by atoms with Crippen molar-refractivity contribution in [2.75, 3.05) is 24.0 Å². The van der Waals surface area contributed by atoms with Crippen molar-refractivity contribution in [2.24, 2.45) is 0 Å². The second-order valence-corrected chi connectivity index (χ2v) is 5.43. The summed E-state index contributed by atoms with van der Waals surface area (Å²) in [5.41, 5.74) is -0.729. The first-order valence-corrected chi connectivity index (χ1v) is 7.62. The van der Waals surface area contributed by atoms with Crippen molar-refractivity contribution in [1.82, 2.24) is 0 Å². The smallest absolute Gasteiger partial charge is 0.371 e. The quantitative estimate of drug-likeness (QED) is 0.738. The molecule has 1 unspecified atom stereocenters.